The van der Waals surface area contributed by atoms with Gasteiger partial charge in [0, 0.05) is 12.7 Å². The van der Waals surface area contributed by atoms with Crippen LogP contribution in [0.25, 0.3) is 6.08 Å². The van der Waals surface area contributed by atoms with Crippen LogP contribution in [-0.2, 0) is 14.3 Å². The first-order valence-corrected chi connectivity index (χ1v) is 13.3. The van der Waals surface area contributed by atoms with Gasteiger partial charge in [0.05, 0.1) is 43.2 Å². The number of methoxy groups -OCH3 is 3. The van der Waals surface area contributed by atoms with Crippen molar-refractivity contribution in [1.82, 2.24) is 4.57 Å². The standard InChI is InChI=1S/C29H32N2O7S/c1-7-37-26-21(9-8-10-22(26)36-6)25-24(28(33)38-14-13-34-4)18(3)30-29-31(25)27(32)23(39-29)16-19-11-12-20(35-5)15-17(19)2/h8-12,15-16,25H,7,13-14H2,1-6H3/b23-16+/t25-/m1/s1. The van der Waals surface area contributed by atoms with E-state index in [1.54, 1.807) is 33.3 Å². The lowest BCUT2D eigenvalue weighted by Gasteiger charge is -2.27. The van der Waals surface area contributed by atoms with E-state index in [-0.39, 0.29) is 24.3 Å². The van der Waals surface area contributed by atoms with Crippen LogP contribution >= 0.6 is 11.3 Å². The Labute approximate surface area is 230 Å². The van der Waals surface area contributed by atoms with Crippen LogP contribution < -0.4 is 29.1 Å². The van der Waals surface area contributed by atoms with Crippen molar-refractivity contribution in [2.45, 2.75) is 26.8 Å². The maximum absolute atomic E-state index is 14.0. The van der Waals surface area contributed by atoms with Crippen LogP contribution in [0.15, 0.2) is 57.5 Å². The van der Waals surface area contributed by atoms with Gasteiger partial charge in [0.25, 0.3) is 5.56 Å². The van der Waals surface area contributed by atoms with Crippen molar-refractivity contribution in [1.29, 1.82) is 0 Å². The highest BCUT2D eigenvalue weighted by Gasteiger charge is 2.36. The normalized spacial score (nSPS) is 15.0. The third kappa shape index (κ3) is 5.62. The molecule has 39 heavy (non-hydrogen) atoms. The van der Waals surface area contributed by atoms with E-state index < -0.39 is 12.0 Å². The van der Waals surface area contributed by atoms with Gasteiger partial charge in [-0.25, -0.2) is 9.79 Å². The van der Waals surface area contributed by atoms with E-state index in [9.17, 15) is 9.59 Å². The smallest absolute Gasteiger partial charge is 0.338 e. The first-order valence-electron chi connectivity index (χ1n) is 12.5. The van der Waals surface area contributed by atoms with Gasteiger partial charge in [-0.05, 0) is 56.2 Å². The Morgan fingerprint density at radius 1 is 1.10 bits per heavy atom. The number of carbonyl (C=O) groups is 1. The van der Waals surface area contributed by atoms with Gasteiger partial charge in [-0.2, -0.15) is 0 Å². The molecule has 1 atom stereocenters. The summed E-state index contributed by atoms with van der Waals surface area (Å²) < 4.78 is 29.4. The summed E-state index contributed by atoms with van der Waals surface area (Å²) in [5, 5.41) is 0. The largest absolute Gasteiger partial charge is 0.497 e. The maximum atomic E-state index is 14.0. The van der Waals surface area contributed by atoms with Gasteiger partial charge in [0.15, 0.2) is 16.3 Å². The van der Waals surface area contributed by atoms with Crippen molar-refractivity contribution in [3.63, 3.8) is 0 Å². The van der Waals surface area contributed by atoms with Gasteiger partial charge in [-0.1, -0.05) is 29.5 Å². The number of ether oxygens (including phenoxy) is 5. The number of nitrogens with zero attached hydrogens (tertiary/aromatic N) is 2. The molecule has 4 rings (SSSR count). The summed E-state index contributed by atoms with van der Waals surface area (Å²) in [7, 11) is 4.69. The Kier molecular flexibility index (Phi) is 8.88. The molecular weight excluding hydrogens is 520 g/mol. The number of aromatic nitrogens is 1. The number of hydrogen-bond donors (Lipinski definition) is 0. The SMILES string of the molecule is CCOc1c(OC)cccc1[C@@H]1C(C(=O)OCCOC)=C(C)N=c2s/c(=C/c3ccc(OC)cc3C)c(=O)n21. The highest BCUT2D eigenvalue weighted by atomic mass is 32.1. The number of benzene rings is 2. The molecule has 0 N–H and O–H groups in total. The molecule has 3 aromatic rings. The number of hydrogen-bond acceptors (Lipinski definition) is 9. The van der Waals surface area contributed by atoms with Crippen molar-refractivity contribution in [3.8, 4) is 17.2 Å². The van der Waals surface area contributed by atoms with E-state index in [0.29, 0.717) is 38.7 Å². The maximum Gasteiger partial charge on any atom is 0.338 e. The summed E-state index contributed by atoms with van der Waals surface area (Å²) in [4.78, 5) is 32.5. The van der Waals surface area contributed by atoms with Crippen molar-refractivity contribution >= 4 is 23.4 Å². The summed E-state index contributed by atoms with van der Waals surface area (Å²) in [6.45, 7) is 6.23. The molecule has 206 valence electrons. The topological polar surface area (TPSA) is 97.6 Å². The van der Waals surface area contributed by atoms with Crippen molar-refractivity contribution in [3.05, 3.63) is 84.0 Å². The molecule has 0 fully saturated rings. The molecule has 1 aromatic heterocycles. The first kappa shape index (κ1) is 28.1. The predicted molar refractivity (Wildman–Crippen MR) is 148 cm³/mol. The van der Waals surface area contributed by atoms with Gasteiger partial charge >= 0.3 is 5.97 Å². The molecule has 1 aliphatic heterocycles. The van der Waals surface area contributed by atoms with E-state index in [1.165, 1.54) is 23.0 Å². The number of esters is 1. The average Bonchev–Trinajstić information content (AvgIpc) is 3.23. The Balaban J connectivity index is 1.96. The summed E-state index contributed by atoms with van der Waals surface area (Å²) in [5.74, 6) is 1.10. The minimum Gasteiger partial charge on any atom is -0.497 e. The van der Waals surface area contributed by atoms with E-state index >= 15 is 0 Å². The van der Waals surface area contributed by atoms with Gasteiger partial charge in [-0.15, -0.1) is 0 Å². The second-order valence-corrected chi connectivity index (χ2v) is 9.75. The molecule has 2 aromatic carbocycles. The second-order valence-electron chi connectivity index (χ2n) is 8.74. The van der Waals surface area contributed by atoms with Gasteiger partial charge < -0.3 is 23.7 Å². The molecule has 0 unspecified atom stereocenters. The summed E-state index contributed by atoms with van der Waals surface area (Å²) >= 11 is 1.26. The monoisotopic (exact) mass is 552 g/mol. The van der Waals surface area contributed by atoms with Crippen LogP contribution in [0, 0.1) is 6.92 Å². The molecule has 9 nitrogen and oxygen atoms in total. The van der Waals surface area contributed by atoms with Crippen LogP contribution in [0.3, 0.4) is 0 Å². The second kappa shape index (κ2) is 12.3. The molecule has 2 heterocycles. The fraction of sp³-hybridized carbons (Fsp3) is 0.345. The number of allylic oxidation sites excluding steroid dienone is 1. The minimum atomic E-state index is -0.841. The third-order valence-electron chi connectivity index (χ3n) is 6.34. The highest BCUT2D eigenvalue weighted by molar-refractivity contribution is 7.07. The van der Waals surface area contributed by atoms with Crippen LogP contribution in [0.1, 0.15) is 36.6 Å². The number of fused-ring (bicyclic) bond motifs is 1. The number of thiazole rings is 1. The Hall–Kier alpha value is -3.89. The highest BCUT2D eigenvalue weighted by Crippen LogP contribution is 2.40. The molecule has 0 saturated heterocycles. The van der Waals surface area contributed by atoms with Gasteiger partial charge in [-0.3, -0.25) is 9.36 Å². The summed E-state index contributed by atoms with van der Waals surface area (Å²) in [5.41, 5.74) is 2.86. The molecule has 0 amide bonds. The molecule has 0 bridgehead atoms. The molecule has 10 heteroatoms. The van der Waals surface area contributed by atoms with Crippen molar-refractivity contribution < 1.29 is 28.5 Å². The Morgan fingerprint density at radius 2 is 1.90 bits per heavy atom. The number of aryl methyl sites for hydroxylation is 1. The zero-order valence-corrected chi connectivity index (χ0v) is 23.7. The fourth-order valence-electron chi connectivity index (χ4n) is 4.46. The molecule has 1 aliphatic rings. The van der Waals surface area contributed by atoms with Crippen molar-refractivity contribution in [2.75, 3.05) is 41.2 Å². The van der Waals surface area contributed by atoms with Crippen LogP contribution in [0.2, 0.25) is 0 Å². The lowest BCUT2D eigenvalue weighted by molar-refractivity contribution is -0.140. The number of carbonyl (C=O) groups excluding carboxylic acids is 1. The number of rotatable bonds is 10. The zero-order valence-electron chi connectivity index (χ0n) is 22.9. The lowest BCUT2D eigenvalue weighted by atomic mass is 9.94. The van der Waals surface area contributed by atoms with E-state index in [1.807, 2.05) is 44.2 Å². The molecular formula is C29H32N2O7S. The summed E-state index contributed by atoms with van der Waals surface area (Å²) in [6, 6.07) is 10.2. The fourth-order valence-corrected chi connectivity index (χ4v) is 5.50. The lowest BCUT2D eigenvalue weighted by Crippen LogP contribution is -2.40. The predicted octanol–water partition coefficient (Wildman–Crippen LogP) is 3.15. The average molecular weight is 553 g/mol. The van der Waals surface area contributed by atoms with E-state index in [0.717, 1.165) is 16.9 Å². The zero-order chi connectivity index (χ0) is 28.1. The first-order chi connectivity index (χ1) is 18.8. The van der Waals surface area contributed by atoms with E-state index in [4.69, 9.17) is 23.7 Å². The summed E-state index contributed by atoms with van der Waals surface area (Å²) in [6.07, 6.45) is 1.83. The third-order valence-corrected chi connectivity index (χ3v) is 7.32. The van der Waals surface area contributed by atoms with Crippen molar-refractivity contribution in [2.24, 2.45) is 4.99 Å². The molecule has 0 saturated carbocycles. The number of para-hydroxylation sites is 1. The Bertz CT molecular complexity index is 1590. The Morgan fingerprint density at radius 3 is 2.56 bits per heavy atom. The van der Waals surface area contributed by atoms with Gasteiger partial charge in [0.1, 0.15) is 18.4 Å². The van der Waals surface area contributed by atoms with Crippen LogP contribution in [-0.4, -0.2) is 51.7 Å². The molecule has 0 spiro atoms. The molecule has 0 radical (unpaired) electrons. The van der Waals surface area contributed by atoms with E-state index in [2.05, 4.69) is 4.99 Å². The van der Waals surface area contributed by atoms with Crippen LogP contribution in [0.4, 0.5) is 0 Å². The quantitative estimate of drug-likeness (QED) is 0.282. The van der Waals surface area contributed by atoms with Gasteiger partial charge in [0.2, 0.25) is 0 Å². The minimum absolute atomic E-state index is 0.0659. The van der Waals surface area contributed by atoms with Crippen LogP contribution in [0.5, 0.6) is 17.2 Å². The molecule has 0 aliphatic carbocycles.